The number of carbonyl (C=O) groups excluding carboxylic acids is 1. The van der Waals surface area contributed by atoms with Crippen LogP contribution in [0, 0.1) is 0 Å². The number of benzene rings is 2. The second-order valence-corrected chi connectivity index (χ2v) is 5.81. The molecule has 0 aliphatic rings. The first-order valence-electron chi connectivity index (χ1n) is 7.83. The van der Waals surface area contributed by atoms with Gasteiger partial charge in [0.1, 0.15) is 0 Å². The molecule has 0 aliphatic heterocycles. The Balaban J connectivity index is 2.28. The van der Waals surface area contributed by atoms with Crippen molar-refractivity contribution in [2.45, 2.75) is 18.9 Å². The molecule has 0 aliphatic carbocycles. The van der Waals surface area contributed by atoms with Crippen LogP contribution in [-0.2, 0) is 9.53 Å². The van der Waals surface area contributed by atoms with Crippen molar-refractivity contribution in [1.82, 2.24) is 0 Å². The van der Waals surface area contributed by atoms with Crippen molar-refractivity contribution >= 4 is 11.7 Å². The zero-order valence-corrected chi connectivity index (χ0v) is 14.2. The lowest BCUT2D eigenvalue weighted by Gasteiger charge is -2.21. The monoisotopic (exact) mass is 325 g/mol. The molecule has 2 aromatic rings. The molecule has 0 heterocycles. The summed E-state index contributed by atoms with van der Waals surface area (Å²) in [6.45, 7) is 1.35. The molecular weight excluding hydrogens is 302 g/mol. The molecule has 0 bridgehead atoms. The Labute approximate surface area is 143 Å². The first-order chi connectivity index (χ1) is 11.5. The molecule has 0 radical (unpaired) electrons. The van der Waals surface area contributed by atoms with Gasteiger partial charge in [0.25, 0.3) is 0 Å². The summed E-state index contributed by atoms with van der Waals surface area (Å²) in [7, 11) is 3.94. The fourth-order valence-corrected chi connectivity index (χ4v) is 2.47. The molecule has 1 N–H and O–H groups in total. The summed E-state index contributed by atoms with van der Waals surface area (Å²) in [6, 6.07) is 17.4. The lowest BCUT2D eigenvalue weighted by atomic mass is 9.89. The maximum atomic E-state index is 11.0. The number of carbonyl (C=O) groups is 1. The lowest BCUT2D eigenvalue weighted by molar-refractivity contribution is -0.135. The quantitative estimate of drug-likeness (QED) is 0.651. The van der Waals surface area contributed by atoms with E-state index in [4.69, 9.17) is 4.74 Å². The predicted molar refractivity (Wildman–Crippen MR) is 95.8 cm³/mol. The van der Waals surface area contributed by atoms with Crippen molar-refractivity contribution in [3.05, 3.63) is 78.1 Å². The summed E-state index contributed by atoms with van der Waals surface area (Å²) in [6.07, 6.45) is 2.31. The van der Waals surface area contributed by atoms with Crippen molar-refractivity contribution in [1.29, 1.82) is 0 Å². The van der Waals surface area contributed by atoms with Gasteiger partial charge >= 0.3 is 5.97 Å². The topological polar surface area (TPSA) is 49.8 Å². The summed E-state index contributed by atoms with van der Waals surface area (Å²) in [5.74, 6) is -0.696. The molecule has 0 saturated heterocycles. The smallest absolute Gasteiger partial charge is 0.307 e. The number of nitrogens with zero attached hydrogens (tertiary/aromatic N) is 1. The van der Waals surface area contributed by atoms with Crippen LogP contribution in [0.2, 0.25) is 0 Å². The van der Waals surface area contributed by atoms with Gasteiger partial charge in [-0.1, -0.05) is 42.5 Å². The fourth-order valence-electron chi connectivity index (χ4n) is 2.47. The minimum atomic E-state index is -0.740. The standard InChI is InChI=1S/C20H23NO3/c1-15(22)24-14-13-19(16-7-5-4-6-8-16)20(23)17-9-11-18(12-10-17)21(2)3/h4-14,19-20,23H,1-3H3/b14-13-/t19-,20-/m0/s1. The molecule has 4 heteroatoms. The number of aliphatic hydroxyl groups is 1. The molecule has 0 unspecified atom stereocenters. The van der Waals surface area contributed by atoms with Crippen LogP contribution < -0.4 is 4.90 Å². The van der Waals surface area contributed by atoms with Crippen molar-refractivity contribution in [2.75, 3.05) is 19.0 Å². The minimum absolute atomic E-state index is 0.309. The van der Waals surface area contributed by atoms with E-state index in [1.807, 2.05) is 73.6 Å². The highest BCUT2D eigenvalue weighted by atomic mass is 16.5. The highest BCUT2D eigenvalue weighted by Crippen LogP contribution is 2.32. The van der Waals surface area contributed by atoms with E-state index in [0.717, 1.165) is 16.8 Å². The van der Waals surface area contributed by atoms with Crippen LogP contribution in [0.5, 0.6) is 0 Å². The first kappa shape index (κ1) is 17.8. The van der Waals surface area contributed by atoms with Gasteiger partial charge in [-0.15, -0.1) is 0 Å². The molecule has 126 valence electrons. The molecule has 4 nitrogen and oxygen atoms in total. The molecule has 0 fully saturated rings. The Morgan fingerprint density at radius 2 is 1.67 bits per heavy atom. The van der Waals surface area contributed by atoms with Crippen molar-refractivity contribution < 1.29 is 14.6 Å². The molecule has 2 rings (SSSR count). The zero-order chi connectivity index (χ0) is 17.5. The second kappa shape index (κ2) is 8.31. The van der Waals surface area contributed by atoms with E-state index in [1.165, 1.54) is 13.2 Å². The summed E-state index contributed by atoms with van der Waals surface area (Å²) < 4.78 is 4.89. The van der Waals surface area contributed by atoms with Gasteiger partial charge in [0.2, 0.25) is 0 Å². The largest absolute Gasteiger partial charge is 0.435 e. The van der Waals surface area contributed by atoms with E-state index in [-0.39, 0.29) is 11.9 Å². The van der Waals surface area contributed by atoms with Crippen LogP contribution in [0.25, 0.3) is 0 Å². The van der Waals surface area contributed by atoms with Gasteiger partial charge in [-0.05, 0) is 29.3 Å². The van der Waals surface area contributed by atoms with Gasteiger partial charge in [0, 0.05) is 32.6 Å². The van der Waals surface area contributed by atoms with E-state index < -0.39 is 6.10 Å². The molecule has 2 aromatic carbocycles. The maximum Gasteiger partial charge on any atom is 0.307 e. The first-order valence-corrected chi connectivity index (χ1v) is 7.83. The third-order valence-electron chi connectivity index (χ3n) is 3.80. The minimum Gasteiger partial charge on any atom is -0.435 e. The molecule has 0 saturated carbocycles. The molecule has 2 atom stereocenters. The normalized spacial score (nSPS) is 13.5. The average Bonchev–Trinajstić information content (AvgIpc) is 2.59. The molecule has 0 spiro atoms. The van der Waals surface area contributed by atoms with Crippen LogP contribution >= 0.6 is 0 Å². The average molecular weight is 325 g/mol. The van der Waals surface area contributed by atoms with Crippen LogP contribution in [0.4, 0.5) is 5.69 Å². The van der Waals surface area contributed by atoms with E-state index in [1.54, 1.807) is 6.08 Å². The molecule has 0 amide bonds. The van der Waals surface area contributed by atoms with Gasteiger partial charge in [0.05, 0.1) is 12.4 Å². The Hall–Kier alpha value is -2.59. The van der Waals surface area contributed by atoms with Gasteiger partial charge < -0.3 is 14.7 Å². The van der Waals surface area contributed by atoms with Crippen molar-refractivity contribution in [3.8, 4) is 0 Å². The van der Waals surface area contributed by atoms with E-state index in [0.29, 0.717) is 0 Å². The Morgan fingerprint density at radius 3 is 2.21 bits per heavy atom. The number of ether oxygens (including phenoxy) is 1. The van der Waals surface area contributed by atoms with Crippen molar-refractivity contribution in [3.63, 3.8) is 0 Å². The highest BCUT2D eigenvalue weighted by molar-refractivity contribution is 5.66. The summed E-state index contributed by atoms with van der Waals surface area (Å²) in [4.78, 5) is 13.0. The number of esters is 1. The van der Waals surface area contributed by atoms with Crippen molar-refractivity contribution in [2.24, 2.45) is 0 Å². The Bertz CT molecular complexity index is 678. The van der Waals surface area contributed by atoms with Crippen LogP contribution in [-0.4, -0.2) is 25.2 Å². The van der Waals surface area contributed by atoms with Gasteiger partial charge in [-0.25, -0.2) is 0 Å². The lowest BCUT2D eigenvalue weighted by Crippen LogP contribution is -2.11. The summed E-state index contributed by atoms with van der Waals surface area (Å²) in [5.41, 5.74) is 2.82. The fraction of sp³-hybridized carbons (Fsp3) is 0.250. The number of rotatable bonds is 6. The maximum absolute atomic E-state index is 11.0. The number of aliphatic hydroxyl groups excluding tert-OH is 1. The SMILES string of the molecule is CC(=O)O/C=C\[C@@H](c1ccccc1)[C@@H](O)c1ccc(N(C)C)cc1. The Morgan fingerprint density at radius 1 is 1.04 bits per heavy atom. The number of hydrogen-bond donors (Lipinski definition) is 1. The van der Waals surface area contributed by atoms with E-state index >= 15 is 0 Å². The molecule has 24 heavy (non-hydrogen) atoms. The van der Waals surface area contributed by atoms with Crippen LogP contribution in [0.1, 0.15) is 30.1 Å². The van der Waals surface area contributed by atoms with E-state index in [9.17, 15) is 9.90 Å². The van der Waals surface area contributed by atoms with Crippen LogP contribution in [0.15, 0.2) is 66.9 Å². The van der Waals surface area contributed by atoms with Gasteiger partial charge in [-0.2, -0.15) is 0 Å². The predicted octanol–water partition coefficient (Wildman–Crippen LogP) is 3.65. The Kier molecular flexibility index (Phi) is 6.15. The molecular formula is C20H23NO3. The number of hydrogen-bond acceptors (Lipinski definition) is 4. The highest BCUT2D eigenvalue weighted by Gasteiger charge is 2.20. The van der Waals surface area contributed by atoms with Gasteiger partial charge in [-0.3, -0.25) is 4.79 Å². The summed E-state index contributed by atoms with van der Waals surface area (Å²) in [5, 5.41) is 10.8. The second-order valence-electron chi connectivity index (χ2n) is 5.81. The molecule has 0 aromatic heterocycles. The van der Waals surface area contributed by atoms with Gasteiger partial charge in [0.15, 0.2) is 0 Å². The third-order valence-corrected chi connectivity index (χ3v) is 3.80. The van der Waals surface area contributed by atoms with E-state index in [2.05, 4.69) is 0 Å². The third kappa shape index (κ3) is 4.70. The zero-order valence-electron chi connectivity index (χ0n) is 14.2. The van der Waals surface area contributed by atoms with Crippen LogP contribution in [0.3, 0.4) is 0 Å². The summed E-state index contributed by atoms with van der Waals surface area (Å²) >= 11 is 0. The number of anilines is 1.